The van der Waals surface area contributed by atoms with Crippen LogP contribution in [0.4, 0.5) is 0 Å². The van der Waals surface area contributed by atoms with Crippen molar-refractivity contribution in [3.05, 3.63) is 0 Å². The maximum Gasteiger partial charge on any atom is 0.0623 e. The Labute approximate surface area is 137 Å². The van der Waals surface area contributed by atoms with Gasteiger partial charge >= 0.3 is 0 Å². The zero-order chi connectivity index (χ0) is 14.6. The molecule has 1 saturated carbocycles. The van der Waals surface area contributed by atoms with Crippen molar-refractivity contribution in [3.63, 3.8) is 0 Å². The van der Waals surface area contributed by atoms with Gasteiger partial charge in [-0.1, -0.05) is 34.1 Å². The molecule has 2 aliphatic rings. The van der Waals surface area contributed by atoms with Gasteiger partial charge in [-0.05, 0) is 36.5 Å². The first kappa shape index (κ1) is 19.2. The van der Waals surface area contributed by atoms with Crippen LogP contribution in [0.15, 0.2) is 0 Å². The van der Waals surface area contributed by atoms with Gasteiger partial charge in [0, 0.05) is 25.2 Å². The van der Waals surface area contributed by atoms with E-state index < -0.39 is 0 Å². The molecule has 2 N–H and O–H groups in total. The van der Waals surface area contributed by atoms with Crippen LogP contribution in [-0.4, -0.2) is 38.4 Å². The van der Waals surface area contributed by atoms with E-state index in [4.69, 9.17) is 4.74 Å². The van der Waals surface area contributed by atoms with Gasteiger partial charge in [0.15, 0.2) is 0 Å². The lowest BCUT2D eigenvalue weighted by Gasteiger charge is -2.35. The normalized spacial score (nSPS) is 30.4. The van der Waals surface area contributed by atoms with E-state index in [0.29, 0.717) is 17.5 Å². The summed E-state index contributed by atoms with van der Waals surface area (Å²) in [6, 6.07) is 1.25. The van der Waals surface area contributed by atoms with Gasteiger partial charge in [-0.3, -0.25) is 0 Å². The second kappa shape index (κ2) is 8.71. The third-order valence-electron chi connectivity index (χ3n) is 4.84. The number of hydrogen-bond acceptors (Lipinski definition) is 3. The summed E-state index contributed by atoms with van der Waals surface area (Å²) < 4.78 is 5.65. The van der Waals surface area contributed by atoms with Gasteiger partial charge in [-0.2, -0.15) is 0 Å². The van der Waals surface area contributed by atoms with Crippen LogP contribution in [-0.2, 0) is 4.74 Å². The van der Waals surface area contributed by atoms with Crippen LogP contribution in [0.3, 0.4) is 0 Å². The van der Waals surface area contributed by atoms with Gasteiger partial charge in [-0.25, -0.2) is 0 Å². The molecule has 21 heavy (non-hydrogen) atoms. The summed E-state index contributed by atoms with van der Waals surface area (Å²) in [5, 5.41) is 7.53. The Morgan fingerprint density at radius 3 is 2.67 bits per heavy atom. The first-order valence-corrected chi connectivity index (χ1v) is 8.52. The van der Waals surface area contributed by atoms with Crippen molar-refractivity contribution < 1.29 is 4.74 Å². The fourth-order valence-electron chi connectivity index (χ4n) is 4.17. The van der Waals surface area contributed by atoms with Crippen LogP contribution < -0.4 is 10.6 Å². The third-order valence-corrected chi connectivity index (χ3v) is 4.84. The minimum absolute atomic E-state index is 0. The van der Waals surface area contributed by atoms with Gasteiger partial charge in [0.25, 0.3) is 0 Å². The van der Waals surface area contributed by atoms with E-state index in [-0.39, 0.29) is 12.4 Å². The summed E-state index contributed by atoms with van der Waals surface area (Å²) in [5.41, 5.74) is 0.401. The largest absolute Gasteiger partial charge is 0.379 e. The highest BCUT2D eigenvalue weighted by Crippen LogP contribution is 2.31. The molecule has 0 aromatic carbocycles. The van der Waals surface area contributed by atoms with E-state index in [1.54, 1.807) is 0 Å². The average Bonchev–Trinajstić information content (AvgIpc) is 2.84. The first-order valence-electron chi connectivity index (χ1n) is 8.52. The van der Waals surface area contributed by atoms with E-state index >= 15 is 0 Å². The van der Waals surface area contributed by atoms with Crippen LogP contribution in [0.5, 0.6) is 0 Å². The van der Waals surface area contributed by atoms with Crippen molar-refractivity contribution in [2.75, 3.05) is 26.3 Å². The molecule has 0 bridgehead atoms. The summed E-state index contributed by atoms with van der Waals surface area (Å²) in [6.07, 6.45) is 5.34. The number of nitrogens with one attached hydrogen (secondary N) is 2. The second-order valence-electron chi connectivity index (χ2n) is 7.98. The lowest BCUT2D eigenvalue weighted by Crippen LogP contribution is -2.51. The smallest absolute Gasteiger partial charge is 0.0623 e. The standard InChI is InChI=1S/C17H34N2O.ClH/c1-13(2)10-17(3,4)12-19-15-7-5-6-14(15)16-11-20-9-8-18-16;/h13-16,18-19H,5-12H2,1-4H3;1H. The number of hydrogen-bond donors (Lipinski definition) is 2. The molecule has 0 amide bonds. The van der Waals surface area contributed by atoms with Crippen LogP contribution >= 0.6 is 12.4 Å². The van der Waals surface area contributed by atoms with Gasteiger partial charge in [0.2, 0.25) is 0 Å². The topological polar surface area (TPSA) is 33.3 Å². The molecule has 3 atom stereocenters. The lowest BCUT2D eigenvalue weighted by molar-refractivity contribution is 0.0516. The molecule has 3 unspecified atom stereocenters. The summed E-state index contributed by atoms with van der Waals surface area (Å²) in [6.45, 7) is 13.4. The number of ether oxygens (including phenoxy) is 1. The number of rotatable bonds is 6. The molecular weight excluding hydrogens is 284 g/mol. The number of halogens is 1. The Bertz CT molecular complexity index is 291. The minimum Gasteiger partial charge on any atom is -0.379 e. The molecule has 2 rings (SSSR count). The molecule has 0 aromatic heterocycles. The lowest BCUT2D eigenvalue weighted by atomic mass is 9.83. The summed E-state index contributed by atoms with van der Waals surface area (Å²) >= 11 is 0. The fraction of sp³-hybridized carbons (Fsp3) is 1.00. The molecule has 1 saturated heterocycles. The zero-order valence-corrected chi connectivity index (χ0v) is 15.1. The maximum absolute atomic E-state index is 5.65. The van der Waals surface area contributed by atoms with E-state index in [1.807, 2.05) is 0 Å². The predicted octanol–water partition coefficient (Wildman–Crippen LogP) is 3.23. The Hall–Kier alpha value is 0.170. The molecular formula is C17H35ClN2O. The molecule has 2 fully saturated rings. The molecule has 0 aromatic rings. The maximum atomic E-state index is 5.65. The van der Waals surface area contributed by atoms with Gasteiger partial charge < -0.3 is 15.4 Å². The molecule has 1 aliphatic carbocycles. The molecule has 1 aliphatic heterocycles. The highest BCUT2D eigenvalue weighted by Gasteiger charge is 2.35. The highest BCUT2D eigenvalue weighted by atomic mass is 35.5. The molecule has 0 radical (unpaired) electrons. The monoisotopic (exact) mass is 318 g/mol. The Balaban J connectivity index is 0.00000220. The Kier molecular flexibility index (Phi) is 7.97. The molecule has 0 spiro atoms. The van der Waals surface area contributed by atoms with E-state index in [1.165, 1.54) is 25.7 Å². The van der Waals surface area contributed by atoms with Crippen LogP contribution in [0.2, 0.25) is 0 Å². The van der Waals surface area contributed by atoms with E-state index in [9.17, 15) is 0 Å². The van der Waals surface area contributed by atoms with Crippen molar-refractivity contribution in [1.82, 2.24) is 10.6 Å². The summed E-state index contributed by atoms with van der Waals surface area (Å²) in [4.78, 5) is 0. The Morgan fingerprint density at radius 2 is 2.05 bits per heavy atom. The second-order valence-corrected chi connectivity index (χ2v) is 7.98. The molecule has 3 nitrogen and oxygen atoms in total. The van der Waals surface area contributed by atoms with Crippen molar-refractivity contribution in [3.8, 4) is 0 Å². The molecule has 1 heterocycles. The van der Waals surface area contributed by atoms with E-state index in [0.717, 1.165) is 38.1 Å². The van der Waals surface area contributed by atoms with E-state index in [2.05, 4.69) is 38.3 Å². The van der Waals surface area contributed by atoms with Crippen LogP contribution in [0.25, 0.3) is 0 Å². The van der Waals surface area contributed by atoms with Crippen molar-refractivity contribution in [2.24, 2.45) is 17.3 Å². The van der Waals surface area contributed by atoms with Crippen LogP contribution in [0, 0.1) is 17.3 Å². The van der Waals surface area contributed by atoms with Crippen molar-refractivity contribution >= 4 is 12.4 Å². The quantitative estimate of drug-likeness (QED) is 0.789. The SMILES string of the molecule is CC(C)CC(C)(C)CNC1CCCC1C1COCCN1.Cl. The fourth-order valence-corrected chi connectivity index (χ4v) is 4.17. The first-order chi connectivity index (χ1) is 9.48. The van der Waals surface area contributed by atoms with Gasteiger partial charge in [-0.15, -0.1) is 12.4 Å². The minimum atomic E-state index is 0. The van der Waals surface area contributed by atoms with Crippen molar-refractivity contribution in [1.29, 1.82) is 0 Å². The number of morpholine rings is 1. The zero-order valence-electron chi connectivity index (χ0n) is 14.3. The highest BCUT2D eigenvalue weighted by molar-refractivity contribution is 5.85. The van der Waals surface area contributed by atoms with Gasteiger partial charge in [0.05, 0.1) is 13.2 Å². The molecule has 126 valence electrons. The summed E-state index contributed by atoms with van der Waals surface area (Å²) in [7, 11) is 0. The third kappa shape index (κ3) is 6.05. The van der Waals surface area contributed by atoms with Gasteiger partial charge in [0.1, 0.15) is 0 Å². The molecule has 4 heteroatoms. The average molecular weight is 319 g/mol. The summed E-state index contributed by atoms with van der Waals surface area (Å²) in [5.74, 6) is 1.53. The van der Waals surface area contributed by atoms with Crippen LogP contribution in [0.1, 0.15) is 53.4 Å². The van der Waals surface area contributed by atoms with Crippen molar-refractivity contribution in [2.45, 2.75) is 65.5 Å². The predicted molar refractivity (Wildman–Crippen MR) is 92.2 cm³/mol. The Morgan fingerprint density at radius 1 is 1.29 bits per heavy atom.